The van der Waals surface area contributed by atoms with Crippen LogP contribution in [0.25, 0.3) is 22.3 Å². The number of hydrogen-bond donors (Lipinski definition) is 2. The van der Waals surface area contributed by atoms with Gasteiger partial charge in [0.2, 0.25) is 5.95 Å². The molecule has 2 N–H and O–H groups in total. The standard InChI is InChI=1S/C22H23ClF3N5O2/c1-10(2)31-16-6-11(5-14(24)19(16)29-20(31)12-7-22(12,25)26)18-13(23)8-27-21(30-18)28-15-3-4-33-9-17(15)32/h5-6,8,10,12,15,17,32H,3-4,7,9H2,1-2H3,(H,27,28,30)/t12?,15-,17-/m1/s1. The Bertz CT molecular complexity index is 1220. The average Bonchev–Trinajstić information content (AvgIpc) is 3.22. The summed E-state index contributed by atoms with van der Waals surface area (Å²) >= 11 is 6.34. The Morgan fingerprint density at radius 3 is 2.73 bits per heavy atom. The van der Waals surface area contributed by atoms with Gasteiger partial charge in [0.05, 0.1) is 47.1 Å². The summed E-state index contributed by atoms with van der Waals surface area (Å²) in [5.41, 5.74) is 1.10. The minimum atomic E-state index is -2.82. The summed E-state index contributed by atoms with van der Waals surface area (Å²) in [7, 11) is 0. The van der Waals surface area contributed by atoms with E-state index in [0.29, 0.717) is 24.1 Å². The van der Waals surface area contributed by atoms with Crippen LogP contribution in [0, 0.1) is 5.82 Å². The van der Waals surface area contributed by atoms with Gasteiger partial charge in [-0.3, -0.25) is 0 Å². The largest absolute Gasteiger partial charge is 0.389 e. The number of rotatable bonds is 5. The molecule has 1 aliphatic carbocycles. The molecule has 7 nitrogen and oxygen atoms in total. The highest BCUT2D eigenvalue weighted by Crippen LogP contribution is 2.56. The van der Waals surface area contributed by atoms with Crippen molar-refractivity contribution < 1.29 is 23.0 Å². The second kappa shape index (κ2) is 8.11. The summed E-state index contributed by atoms with van der Waals surface area (Å²) in [5, 5.41) is 13.4. The number of benzene rings is 1. The van der Waals surface area contributed by atoms with Crippen LogP contribution in [0.15, 0.2) is 18.3 Å². The molecule has 11 heteroatoms. The van der Waals surface area contributed by atoms with E-state index in [2.05, 4.69) is 20.3 Å². The molecule has 0 amide bonds. The fourth-order valence-corrected chi connectivity index (χ4v) is 4.49. The van der Waals surface area contributed by atoms with Crippen molar-refractivity contribution in [2.45, 2.75) is 56.7 Å². The molecule has 0 spiro atoms. The first-order chi connectivity index (χ1) is 15.7. The van der Waals surface area contributed by atoms with Crippen LogP contribution >= 0.6 is 11.6 Å². The smallest absolute Gasteiger partial charge is 0.259 e. The summed E-state index contributed by atoms with van der Waals surface area (Å²) in [6.07, 6.45) is 0.971. The Hall–Kier alpha value is -2.43. The van der Waals surface area contributed by atoms with Crippen molar-refractivity contribution >= 4 is 28.6 Å². The molecule has 0 radical (unpaired) electrons. The normalized spacial score (nSPS) is 24.4. The van der Waals surface area contributed by atoms with Crippen LogP contribution in [0.2, 0.25) is 5.02 Å². The zero-order valence-corrected chi connectivity index (χ0v) is 18.8. The number of nitrogens with one attached hydrogen (secondary N) is 1. The monoisotopic (exact) mass is 481 g/mol. The predicted molar refractivity (Wildman–Crippen MR) is 117 cm³/mol. The fourth-order valence-electron chi connectivity index (χ4n) is 4.29. The molecule has 3 atom stereocenters. The van der Waals surface area contributed by atoms with E-state index in [1.807, 2.05) is 13.8 Å². The fraction of sp³-hybridized carbons (Fsp3) is 0.500. The molecule has 33 heavy (non-hydrogen) atoms. The van der Waals surface area contributed by atoms with E-state index in [1.54, 1.807) is 10.6 Å². The van der Waals surface area contributed by atoms with E-state index in [9.17, 15) is 13.9 Å². The van der Waals surface area contributed by atoms with E-state index >= 15 is 4.39 Å². The number of nitrogens with zero attached hydrogens (tertiary/aromatic N) is 4. The van der Waals surface area contributed by atoms with Crippen molar-refractivity contribution in [1.82, 2.24) is 19.5 Å². The number of fused-ring (bicyclic) bond motifs is 1. The van der Waals surface area contributed by atoms with Crippen LogP contribution in [0.3, 0.4) is 0 Å². The average molecular weight is 482 g/mol. The molecule has 1 unspecified atom stereocenters. The molecule has 2 fully saturated rings. The molecule has 2 aliphatic rings. The van der Waals surface area contributed by atoms with Crippen LogP contribution in [0.4, 0.5) is 19.1 Å². The van der Waals surface area contributed by atoms with Crippen molar-refractivity contribution in [2.75, 3.05) is 18.5 Å². The maximum Gasteiger partial charge on any atom is 0.259 e. The number of aliphatic hydroxyl groups is 1. The van der Waals surface area contributed by atoms with Gasteiger partial charge in [-0.15, -0.1) is 0 Å². The van der Waals surface area contributed by atoms with Gasteiger partial charge in [0.15, 0.2) is 5.82 Å². The van der Waals surface area contributed by atoms with Crippen molar-refractivity contribution in [3.8, 4) is 11.3 Å². The molecule has 1 aromatic carbocycles. The lowest BCUT2D eigenvalue weighted by molar-refractivity contribution is -0.0136. The number of imidazole rings is 1. The zero-order valence-electron chi connectivity index (χ0n) is 18.0. The first kappa shape index (κ1) is 22.4. The van der Waals surface area contributed by atoms with E-state index in [1.165, 1.54) is 12.3 Å². The Morgan fingerprint density at radius 1 is 1.30 bits per heavy atom. The third-order valence-electron chi connectivity index (χ3n) is 6.09. The number of hydrogen-bond acceptors (Lipinski definition) is 6. The van der Waals surface area contributed by atoms with Crippen LogP contribution in [0.1, 0.15) is 44.5 Å². The minimum Gasteiger partial charge on any atom is -0.389 e. The van der Waals surface area contributed by atoms with Gasteiger partial charge in [-0.05, 0) is 32.4 Å². The minimum absolute atomic E-state index is 0.0407. The summed E-state index contributed by atoms with van der Waals surface area (Å²) in [6.45, 7) is 4.39. The van der Waals surface area contributed by atoms with Crippen LogP contribution in [-0.4, -0.2) is 55.9 Å². The molecule has 1 saturated carbocycles. The SMILES string of the molecule is CC(C)n1c(C2CC2(F)F)nc2c(F)cc(-c3nc(N[C@@H]4CCOC[C@H]4O)ncc3Cl)cc21. The number of halogens is 4. The van der Waals surface area contributed by atoms with Crippen molar-refractivity contribution in [3.63, 3.8) is 0 Å². The quantitative estimate of drug-likeness (QED) is 0.556. The summed E-state index contributed by atoms with van der Waals surface area (Å²) in [6, 6.07) is 2.41. The molecule has 3 aromatic rings. The molecule has 2 aromatic heterocycles. The Labute approximate surface area is 193 Å². The third-order valence-corrected chi connectivity index (χ3v) is 6.36. The van der Waals surface area contributed by atoms with Gasteiger partial charge in [0.1, 0.15) is 11.3 Å². The lowest BCUT2D eigenvalue weighted by atomic mass is 10.1. The molecule has 0 bridgehead atoms. The first-order valence-corrected chi connectivity index (χ1v) is 11.2. The summed E-state index contributed by atoms with van der Waals surface area (Å²) < 4.78 is 49.6. The number of alkyl halides is 2. The zero-order chi connectivity index (χ0) is 23.5. The molecule has 1 aliphatic heterocycles. The van der Waals surface area contributed by atoms with Gasteiger partial charge in [-0.1, -0.05) is 11.6 Å². The summed E-state index contributed by atoms with van der Waals surface area (Å²) in [4.78, 5) is 12.9. The molecular weight excluding hydrogens is 459 g/mol. The van der Waals surface area contributed by atoms with E-state index in [0.717, 1.165) is 0 Å². The van der Waals surface area contributed by atoms with Crippen molar-refractivity contribution in [2.24, 2.45) is 0 Å². The second-order valence-electron chi connectivity index (χ2n) is 8.85. The molecule has 176 valence electrons. The van der Waals surface area contributed by atoms with E-state index < -0.39 is 23.8 Å². The van der Waals surface area contributed by atoms with Gasteiger partial charge in [-0.2, -0.15) is 0 Å². The van der Waals surface area contributed by atoms with Crippen LogP contribution < -0.4 is 5.32 Å². The lowest BCUT2D eigenvalue weighted by Gasteiger charge is -2.28. The summed E-state index contributed by atoms with van der Waals surface area (Å²) in [5.74, 6) is -4.06. The number of anilines is 1. The Balaban J connectivity index is 1.57. The topological polar surface area (TPSA) is 85.1 Å². The highest BCUT2D eigenvalue weighted by atomic mass is 35.5. The maximum absolute atomic E-state index is 15.1. The van der Waals surface area contributed by atoms with E-state index in [4.69, 9.17) is 16.3 Å². The lowest BCUT2D eigenvalue weighted by Crippen LogP contribution is -2.42. The van der Waals surface area contributed by atoms with Gasteiger partial charge in [-0.25, -0.2) is 28.1 Å². The molecule has 1 saturated heterocycles. The van der Waals surface area contributed by atoms with Crippen LogP contribution in [0.5, 0.6) is 0 Å². The Kier molecular flexibility index (Phi) is 5.49. The number of ether oxygens (including phenoxy) is 1. The van der Waals surface area contributed by atoms with E-state index in [-0.39, 0.29) is 53.1 Å². The van der Waals surface area contributed by atoms with Gasteiger partial charge in [0.25, 0.3) is 5.92 Å². The first-order valence-electron chi connectivity index (χ1n) is 10.8. The van der Waals surface area contributed by atoms with Crippen LogP contribution in [-0.2, 0) is 4.74 Å². The van der Waals surface area contributed by atoms with Gasteiger partial charge in [0, 0.05) is 24.6 Å². The second-order valence-corrected chi connectivity index (χ2v) is 9.26. The number of aromatic nitrogens is 4. The van der Waals surface area contributed by atoms with Gasteiger partial charge >= 0.3 is 0 Å². The highest BCUT2D eigenvalue weighted by Gasteiger charge is 2.60. The van der Waals surface area contributed by atoms with Crippen molar-refractivity contribution in [3.05, 3.63) is 35.0 Å². The predicted octanol–water partition coefficient (Wildman–Crippen LogP) is 4.55. The Morgan fingerprint density at radius 2 is 2.06 bits per heavy atom. The molecule has 5 rings (SSSR count). The highest BCUT2D eigenvalue weighted by molar-refractivity contribution is 6.33. The third kappa shape index (κ3) is 4.04. The number of aliphatic hydroxyl groups excluding tert-OH is 1. The molecule has 3 heterocycles. The van der Waals surface area contributed by atoms with Crippen molar-refractivity contribution in [1.29, 1.82) is 0 Å². The maximum atomic E-state index is 15.1. The molecular formula is C22H23ClF3N5O2. The van der Waals surface area contributed by atoms with Gasteiger partial charge < -0.3 is 19.7 Å².